The van der Waals surface area contributed by atoms with Gasteiger partial charge in [-0.3, -0.25) is 9.69 Å². The molecule has 0 aliphatic carbocycles. The van der Waals surface area contributed by atoms with Crippen LogP contribution >= 0.6 is 11.3 Å². The number of amides is 1. The van der Waals surface area contributed by atoms with Gasteiger partial charge in [0, 0.05) is 11.9 Å². The maximum atomic E-state index is 12.4. The minimum absolute atomic E-state index is 0.0260. The van der Waals surface area contributed by atoms with Crippen LogP contribution in [0.2, 0.25) is 0 Å². The molecule has 0 bridgehead atoms. The van der Waals surface area contributed by atoms with Crippen molar-refractivity contribution in [2.75, 3.05) is 19.6 Å². The Hall–Kier alpha value is -2.38. The van der Waals surface area contributed by atoms with Crippen molar-refractivity contribution in [3.8, 4) is 10.8 Å². The van der Waals surface area contributed by atoms with Gasteiger partial charge in [0.2, 0.25) is 5.91 Å². The SMILES string of the molecule is CCN(CC)C(CNC(=O)Cc1csc(-c2ccco2)n1)c1ccco1. The fourth-order valence-electron chi connectivity index (χ4n) is 2.89. The summed E-state index contributed by atoms with van der Waals surface area (Å²) < 4.78 is 10.9. The van der Waals surface area contributed by atoms with Gasteiger partial charge in [-0.25, -0.2) is 4.98 Å². The average molecular weight is 373 g/mol. The molecule has 6 nitrogen and oxygen atoms in total. The zero-order chi connectivity index (χ0) is 18.4. The predicted molar refractivity (Wildman–Crippen MR) is 101 cm³/mol. The van der Waals surface area contributed by atoms with Crippen molar-refractivity contribution < 1.29 is 13.6 Å². The number of carbonyl (C=O) groups excluding carboxylic acids is 1. The van der Waals surface area contributed by atoms with Crippen LogP contribution in [0.4, 0.5) is 0 Å². The van der Waals surface area contributed by atoms with Gasteiger partial charge in [0.1, 0.15) is 5.76 Å². The van der Waals surface area contributed by atoms with Crippen LogP contribution in [0, 0.1) is 0 Å². The maximum absolute atomic E-state index is 12.4. The molecule has 0 aliphatic rings. The third-order valence-corrected chi connectivity index (χ3v) is 5.15. The molecular formula is C19H23N3O3S. The Morgan fingerprint density at radius 1 is 1.23 bits per heavy atom. The van der Waals surface area contributed by atoms with Crippen molar-refractivity contribution in [2.24, 2.45) is 0 Å². The normalized spacial score (nSPS) is 12.4. The predicted octanol–water partition coefficient (Wildman–Crippen LogP) is 3.74. The number of hydrogen-bond donors (Lipinski definition) is 1. The summed E-state index contributed by atoms with van der Waals surface area (Å²) in [5.74, 6) is 1.54. The molecule has 1 N–H and O–H groups in total. The molecule has 0 fully saturated rings. The van der Waals surface area contributed by atoms with E-state index in [1.807, 2.05) is 29.6 Å². The molecule has 0 saturated carbocycles. The number of thiazole rings is 1. The van der Waals surface area contributed by atoms with Crippen LogP contribution in [0.1, 0.15) is 31.3 Å². The molecule has 138 valence electrons. The lowest BCUT2D eigenvalue weighted by Crippen LogP contribution is -2.38. The minimum atomic E-state index is -0.0509. The number of nitrogens with one attached hydrogen (secondary N) is 1. The minimum Gasteiger partial charge on any atom is -0.468 e. The number of rotatable bonds is 9. The van der Waals surface area contributed by atoms with Gasteiger partial charge in [-0.1, -0.05) is 13.8 Å². The Bertz CT molecular complexity index is 792. The van der Waals surface area contributed by atoms with E-state index in [0.29, 0.717) is 6.54 Å². The van der Waals surface area contributed by atoms with Crippen LogP contribution in [0.3, 0.4) is 0 Å². The highest BCUT2D eigenvalue weighted by Crippen LogP contribution is 2.24. The van der Waals surface area contributed by atoms with Gasteiger partial charge in [-0.2, -0.15) is 0 Å². The second-order valence-corrected chi connectivity index (χ2v) is 6.71. The van der Waals surface area contributed by atoms with Crippen LogP contribution in [0.25, 0.3) is 10.8 Å². The highest BCUT2D eigenvalue weighted by atomic mass is 32.1. The molecule has 3 aromatic heterocycles. The van der Waals surface area contributed by atoms with Crippen molar-refractivity contribution in [1.29, 1.82) is 0 Å². The summed E-state index contributed by atoms with van der Waals surface area (Å²) in [6.07, 6.45) is 3.53. The van der Waals surface area contributed by atoms with Crippen LogP contribution in [-0.4, -0.2) is 35.4 Å². The fourth-order valence-corrected chi connectivity index (χ4v) is 3.68. The lowest BCUT2D eigenvalue weighted by Gasteiger charge is -2.28. The van der Waals surface area contributed by atoms with E-state index in [1.54, 1.807) is 12.5 Å². The Morgan fingerprint density at radius 2 is 2.00 bits per heavy atom. The monoisotopic (exact) mass is 373 g/mol. The maximum Gasteiger partial charge on any atom is 0.226 e. The van der Waals surface area contributed by atoms with Gasteiger partial charge in [0.15, 0.2) is 10.8 Å². The summed E-state index contributed by atoms with van der Waals surface area (Å²) in [5.41, 5.74) is 0.747. The first-order valence-electron chi connectivity index (χ1n) is 8.73. The highest BCUT2D eigenvalue weighted by molar-refractivity contribution is 7.13. The standard InChI is InChI=1S/C19H23N3O3S/c1-3-22(4-2)15(16-7-5-9-24-16)12-20-18(23)11-14-13-26-19(21-14)17-8-6-10-25-17/h5-10,13,15H,3-4,11-12H2,1-2H3,(H,20,23). The third-order valence-electron chi connectivity index (χ3n) is 4.24. The average Bonchev–Trinajstić information content (AvgIpc) is 3.40. The van der Waals surface area contributed by atoms with Crippen LogP contribution in [0.5, 0.6) is 0 Å². The molecular weight excluding hydrogens is 350 g/mol. The van der Waals surface area contributed by atoms with Gasteiger partial charge in [-0.15, -0.1) is 11.3 Å². The van der Waals surface area contributed by atoms with Gasteiger partial charge < -0.3 is 14.2 Å². The summed E-state index contributed by atoms with van der Waals surface area (Å²) in [4.78, 5) is 19.1. The van der Waals surface area contributed by atoms with Gasteiger partial charge in [0.05, 0.1) is 30.7 Å². The lowest BCUT2D eigenvalue weighted by atomic mass is 10.1. The molecule has 3 aromatic rings. The van der Waals surface area contributed by atoms with Crippen molar-refractivity contribution >= 4 is 17.2 Å². The van der Waals surface area contributed by atoms with E-state index in [-0.39, 0.29) is 18.4 Å². The molecule has 3 rings (SSSR count). The van der Waals surface area contributed by atoms with Gasteiger partial charge in [0.25, 0.3) is 0 Å². The Balaban J connectivity index is 1.58. The van der Waals surface area contributed by atoms with Crippen molar-refractivity contribution in [2.45, 2.75) is 26.3 Å². The topological polar surface area (TPSA) is 71.5 Å². The first-order valence-corrected chi connectivity index (χ1v) is 9.61. The van der Waals surface area contributed by atoms with Crippen molar-refractivity contribution in [3.05, 3.63) is 53.6 Å². The smallest absolute Gasteiger partial charge is 0.226 e. The van der Waals surface area contributed by atoms with Crippen molar-refractivity contribution in [3.63, 3.8) is 0 Å². The molecule has 0 saturated heterocycles. The molecule has 1 unspecified atom stereocenters. The second-order valence-electron chi connectivity index (χ2n) is 5.85. The molecule has 0 spiro atoms. The molecule has 1 atom stereocenters. The number of furan rings is 2. The molecule has 0 aliphatic heterocycles. The van der Waals surface area contributed by atoms with E-state index >= 15 is 0 Å². The summed E-state index contributed by atoms with van der Waals surface area (Å²) >= 11 is 1.48. The summed E-state index contributed by atoms with van der Waals surface area (Å²) in [6, 6.07) is 7.54. The van der Waals surface area contributed by atoms with E-state index in [4.69, 9.17) is 8.83 Å². The van der Waals surface area contributed by atoms with E-state index < -0.39 is 0 Å². The van der Waals surface area contributed by atoms with Gasteiger partial charge >= 0.3 is 0 Å². The molecule has 0 aromatic carbocycles. The number of aromatic nitrogens is 1. The molecule has 26 heavy (non-hydrogen) atoms. The van der Waals surface area contributed by atoms with E-state index in [1.165, 1.54) is 11.3 Å². The Kier molecular flexibility index (Phi) is 6.25. The lowest BCUT2D eigenvalue weighted by molar-refractivity contribution is -0.120. The summed E-state index contributed by atoms with van der Waals surface area (Å²) in [5, 5.41) is 5.69. The van der Waals surface area contributed by atoms with Crippen LogP contribution in [0.15, 0.2) is 51.0 Å². The van der Waals surface area contributed by atoms with E-state index in [9.17, 15) is 4.79 Å². The molecule has 0 radical (unpaired) electrons. The quantitative estimate of drug-likeness (QED) is 0.619. The fraction of sp³-hybridized carbons (Fsp3) is 0.368. The van der Waals surface area contributed by atoms with Gasteiger partial charge in [-0.05, 0) is 37.4 Å². The summed E-state index contributed by atoms with van der Waals surface area (Å²) in [7, 11) is 0. The molecule has 7 heteroatoms. The van der Waals surface area contributed by atoms with E-state index in [2.05, 4.69) is 29.0 Å². The third kappa shape index (κ3) is 4.42. The summed E-state index contributed by atoms with van der Waals surface area (Å²) in [6.45, 7) is 6.48. The largest absolute Gasteiger partial charge is 0.468 e. The number of hydrogen-bond acceptors (Lipinski definition) is 6. The van der Waals surface area contributed by atoms with Crippen LogP contribution < -0.4 is 5.32 Å². The van der Waals surface area contributed by atoms with Crippen molar-refractivity contribution in [1.82, 2.24) is 15.2 Å². The Labute approximate surface area is 156 Å². The molecule has 3 heterocycles. The number of likely N-dealkylation sites (N-methyl/N-ethyl adjacent to an activating group) is 1. The second kappa shape index (κ2) is 8.82. The first kappa shape index (κ1) is 18.4. The highest BCUT2D eigenvalue weighted by Gasteiger charge is 2.21. The first-order chi connectivity index (χ1) is 12.7. The molecule has 1 amide bonds. The van der Waals surface area contributed by atoms with Crippen LogP contribution in [-0.2, 0) is 11.2 Å². The zero-order valence-corrected chi connectivity index (χ0v) is 15.8. The Morgan fingerprint density at radius 3 is 2.65 bits per heavy atom. The number of carbonyl (C=O) groups is 1. The number of nitrogens with zero attached hydrogens (tertiary/aromatic N) is 2. The van der Waals surface area contributed by atoms with E-state index in [0.717, 1.165) is 35.3 Å². The zero-order valence-electron chi connectivity index (χ0n) is 15.0.